The molecule has 0 amide bonds. The van der Waals surface area contributed by atoms with Gasteiger partial charge in [0.15, 0.2) is 0 Å². The van der Waals surface area contributed by atoms with Crippen molar-refractivity contribution in [2.75, 3.05) is 7.05 Å². The molecule has 0 bridgehead atoms. The van der Waals surface area contributed by atoms with Crippen LogP contribution in [0, 0.1) is 6.92 Å². The summed E-state index contributed by atoms with van der Waals surface area (Å²) in [6.45, 7) is 3.53. The summed E-state index contributed by atoms with van der Waals surface area (Å²) in [7, 11) is 2.03. The predicted molar refractivity (Wildman–Crippen MR) is 91.1 cm³/mol. The SMILES string of the molecule is Cc1ccc(CN(C)Cc2nnc(-c3ccc(Cl)cc3)o2)cc1. The molecule has 0 N–H and O–H groups in total. The molecule has 1 aromatic heterocycles. The van der Waals surface area contributed by atoms with Gasteiger partial charge in [-0.25, -0.2) is 0 Å². The molecule has 0 unspecified atom stereocenters. The summed E-state index contributed by atoms with van der Waals surface area (Å²) in [5.41, 5.74) is 3.39. The van der Waals surface area contributed by atoms with Gasteiger partial charge in [0, 0.05) is 17.1 Å². The Balaban J connectivity index is 1.64. The van der Waals surface area contributed by atoms with E-state index in [1.165, 1.54) is 11.1 Å². The highest BCUT2D eigenvalue weighted by atomic mass is 35.5. The van der Waals surface area contributed by atoms with Crippen LogP contribution in [0.2, 0.25) is 5.02 Å². The second-order valence-corrected chi connectivity index (χ2v) is 6.10. The van der Waals surface area contributed by atoms with E-state index in [2.05, 4.69) is 46.3 Å². The van der Waals surface area contributed by atoms with Gasteiger partial charge in [0.1, 0.15) is 0 Å². The van der Waals surface area contributed by atoms with Crippen molar-refractivity contribution >= 4 is 11.6 Å². The van der Waals surface area contributed by atoms with E-state index in [1.807, 2.05) is 31.3 Å². The Kier molecular flexibility index (Phi) is 4.74. The first-order valence-electron chi connectivity index (χ1n) is 7.42. The van der Waals surface area contributed by atoms with Crippen molar-refractivity contribution < 1.29 is 4.42 Å². The number of hydrogen-bond donors (Lipinski definition) is 0. The molecule has 0 saturated heterocycles. The van der Waals surface area contributed by atoms with Crippen molar-refractivity contribution in [2.45, 2.75) is 20.0 Å². The quantitative estimate of drug-likeness (QED) is 0.699. The monoisotopic (exact) mass is 327 g/mol. The Hall–Kier alpha value is -2.17. The number of halogens is 1. The van der Waals surface area contributed by atoms with Gasteiger partial charge in [0.2, 0.25) is 11.8 Å². The van der Waals surface area contributed by atoms with E-state index < -0.39 is 0 Å². The van der Waals surface area contributed by atoms with E-state index in [9.17, 15) is 0 Å². The van der Waals surface area contributed by atoms with Gasteiger partial charge in [0.25, 0.3) is 0 Å². The number of aromatic nitrogens is 2. The van der Waals surface area contributed by atoms with Crippen molar-refractivity contribution in [1.29, 1.82) is 0 Å². The predicted octanol–water partition coefficient (Wildman–Crippen LogP) is 4.33. The highest BCUT2D eigenvalue weighted by Crippen LogP contribution is 2.20. The lowest BCUT2D eigenvalue weighted by atomic mass is 10.1. The van der Waals surface area contributed by atoms with Crippen LogP contribution in [0.4, 0.5) is 0 Å². The standard InChI is InChI=1S/C18H18ClN3O/c1-13-3-5-14(6-4-13)11-22(2)12-17-20-21-18(23-17)15-7-9-16(19)10-8-15/h3-10H,11-12H2,1-2H3. The molecule has 5 heteroatoms. The largest absolute Gasteiger partial charge is 0.419 e. The normalized spacial score (nSPS) is 11.1. The average Bonchev–Trinajstić information content (AvgIpc) is 2.98. The minimum absolute atomic E-state index is 0.514. The first-order chi connectivity index (χ1) is 11.1. The fourth-order valence-corrected chi connectivity index (χ4v) is 2.44. The summed E-state index contributed by atoms with van der Waals surface area (Å²) >= 11 is 5.89. The molecule has 4 nitrogen and oxygen atoms in total. The molecule has 0 spiro atoms. The zero-order chi connectivity index (χ0) is 16.2. The van der Waals surface area contributed by atoms with Crippen LogP contribution in [-0.2, 0) is 13.1 Å². The highest BCUT2D eigenvalue weighted by Gasteiger charge is 2.11. The lowest BCUT2D eigenvalue weighted by Gasteiger charge is -2.14. The van der Waals surface area contributed by atoms with Gasteiger partial charge in [0.05, 0.1) is 6.54 Å². The third-order valence-electron chi connectivity index (χ3n) is 3.54. The zero-order valence-electron chi connectivity index (χ0n) is 13.2. The van der Waals surface area contributed by atoms with Gasteiger partial charge in [-0.05, 0) is 43.8 Å². The molecular weight excluding hydrogens is 310 g/mol. The van der Waals surface area contributed by atoms with Gasteiger partial charge in [-0.2, -0.15) is 0 Å². The maximum absolute atomic E-state index is 5.89. The van der Waals surface area contributed by atoms with E-state index >= 15 is 0 Å². The number of benzene rings is 2. The summed E-state index contributed by atoms with van der Waals surface area (Å²) in [6.07, 6.45) is 0. The van der Waals surface area contributed by atoms with Crippen LogP contribution in [0.15, 0.2) is 52.9 Å². The Morgan fingerprint density at radius 2 is 1.65 bits per heavy atom. The first-order valence-corrected chi connectivity index (χ1v) is 7.80. The molecule has 118 valence electrons. The molecule has 0 atom stereocenters. The minimum atomic E-state index is 0.514. The molecule has 0 aliphatic rings. The summed E-state index contributed by atoms with van der Waals surface area (Å²) in [5, 5.41) is 8.91. The Morgan fingerprint density at radius 3 is 2.35 bits per heavy atom. The molecule has 0 saturated carbocycles. The van der Waals surface area contributed by atoms with Crippen LogP contribution in [0.5, 0.6) is 0 Å². The zero-order valence-corrected chi connectivity index (χ0v) is 13.9. The van der Waals surface area contributed by atoms with Crippen LogP contribution in [0.25, 0.3) is 11.5 Å². The molecule has 0 fully saturated rings. The Bertz CT molecular complexity index is 766. The van der Waals surface area contributed by atoms with E-state index in [4.69, 9.17) is 16.0 Å². The fraction of sp³-hybridized carbons (Fsp3) is 0.222. The average molecular weight is 328 g/mol. The molecule has 23 heavy (non-hydrogen) atoms. The van der Waals surface area contributed by atoms with E-state index in [0.717, 1.165) is 12.1 Å². The summed E-state index contributed by atoms with van der Waals surface area (Å²) < 4.78 is 5.73. The lowest BCUT2D eigenvalue weighted by molar-refractivity contribution is 0.283. The van der Waals surface area contributed by atoms with Crippen molar-refractivity contribution in [3.8, 4) is 11.5 Å². The summed E-state index contributed by atoms with van der Waals surface area (Å²) in [4.78, 5) is 2.14. The number of nitrogens with zero attached hydrogens (tertiary/aromatic N) is 3. The number of hydrogen-bond acceptors (Lipinski definition) is 4. The third kappa shape index (κ3) is 4.18. The summed E-state index contributed by atoms with van der Waals surface area (Å²) in [5.74, 6) is 1.12. The van der Waals surface area contributed by atoms with Crippen LogP contribution < -0.4 is 0 Å². The van der Waals surface area contributed by atoms with Crippen LogP contribution >= 0.6 is 11.6 Å². The first kappa shape index (κ1) is 15.7. The van der Waals surface area contributed by atoms with E-state index in [-0.39, 0.29) is 0 Å². The maximum atomic E-state index is 5.89. The van der Waals surface area contributed by atoms with Crippen molar-refractivity contribution in [1.82, 2.24) is 15.1 Å². The van der Waals surface area contributed by atoms with Crippen LogP contribution in [-0.4, -0.2) is 22.1 Å². The number of rotatable bonds is 5. The van der Waals surface area contributed by atoms with Crippen molar-refractivity contribution in [3.63, 3.8) is 0 Å². The topological polar surface area (TPSA) is 42.2 Å². The summed E-state index contributed by atoms with van der Waals surface area (Å²) in [6, 6.07) is 15.9. The van der Waals surface area contributed by atoms with Gasteiger partial charge in [-0.1, -0.05) is 41.4 Å². The minimum Gasteiger partial charge on any atom is -0.419 e. The van der Waals surface area contributed by atoms with Crippen LogP contribution in [0.3, 0.4) is 0 Å². The smallest absolute Gasteiger partial charge is 0.247 e. The molecule has 3 aromatic rings. The lowest BCUT2D eigenvalue weighted by Crippen LogP contribution is -2.17. The maximum Gasteiger partial charge on any atom is 0.247 e. The second-order valence-electron chi connectivity index (χ2n) is 5.67. The molecule has 0 radical (unpaired) electrons. The van der Waals surface area contributed by atoms with Gasteiger partial charge >= 0.3 is 0 Å². The Morgan fingerprint density at radius 1 is 0.957 bits per heavy atom. The molecule has 0 aliphatic carbocycles. The van der Waals surface area contributed by atoms with Gasteiger partial charge < -0.3 is 4.42 Å². The molecule has 1 heterocycles. The molecule has 0 aliphatic heterocycles. The second kappa shape index (κ2) is 6.94. The van der Waals surface area contributed by atoms with E-state index in [1.54, 1.807) is 0 Å². The van der Waals surface area contributed by atoms with E-state index in [0.29, 0.717) is 23.3 Å². The van der Waals surface area contributed by atoms with Crippen LogP contribution in [0.1, 0.15) is 17.0 Å². The molecule has 3 rings (SSSR count). The number of aryl methyl sites for hydroxylation is 1. The van der Waals surface area contributed by atoms with Gasteiger partial charge in [-0.15, -0.1) is 10.2 Å². The van der Waals surface area contributed by atoms with Crippen molar-refractivity contribution in [3.05, 3.63) is 70.6 Å². The molecular formula is C18H18ClN3O. The molecule has 2 aromatic carbocycles. The highest BCUT2D eigenvalue weighted by molar-refractivity contribution is 6.30. The van der Waals surface area contributed by atoms with Crippen molar-refractivity contribution in [2.24, 2.45) is 0 Å². The Labute approximate surface area is 140 Å². The van der Waals surface area contributed by atoms with Gasteiger partial charge in [-0.3, -0.25) is 4.90 Å². The third-order valence-corrected chi connectivity index (χ3v) is 3.79. The fourth-order valence-electron chi connectivity index (χ4n) is 2.32.